The molecule has 2 heterocycles. The van der Waals surface area contributed by atoms with Crippen LogP contribution < -0.4 is 20.3 Å². The fourth-order valence-corrected chi connectivity index (χ4v) is 4.20. The summed E-state index contributed by atoms with van der Waals surface area (Å²) in [5, 5.41) is 6.53. The maximum absolute atomic E-state index is 12.8. The van der Waals surface area contributed by atoms with Crippen molar-refractivity contribution in [2.45, 2.75) is 25.8 Å². The van der Waals surface area contributed by atoms with Gasteiger partial charge in [-0.3, -0.25) is 9.59 Å². The largest absolute Gasteiger partial charge is 0.492 e. The molecule has 152 valence electrons. The lowest BCUT2D eigenvalue weighted by Gasteiger charge is -2.27. The molecule has 2 amide bonds. The Labute approximate surface area is 171 Å². The Morgan fingerprint density at radius 3 is 2.86 bits per heavy atom. The van der Waals surface area contributed by atoms with Crippen LogP contribution in [-0.4, -0.2) is 38.1 Å². The van der Waals surface area contributed by atoms with Crippen molar-refractivity contribution < 1.29 is 14.3 Å². The number of carbonyl (C=O) groups excluding carboxylic acids is 2. The van der Waals surface area contributed by atoms with Gasteiger partial charge in [0.2, 0.25) is 11.8 Å². The summed E-state index contributed by atoms with van der Waals surface area (Å²) < 4.78 is 5.65. The van der Waals surface area contributed by atoms with Gasteiger partial charge in [-0.25, -0.2) is 0 Å². The Balaban J connectivity index is 1.39. The topological polar surface area (TPSA) is 70.7 Å². The first kappa shape index (κ1) is 19.5. The van der Waals surface area contributed by atoms with E-state index in [-0.39, 0.29) is 30.2 Å². The number of ether oxygens (including phenoxy) is 1. The fraction of sp³-hybridized carbons (Fsp3) is 0.391. The number of nitrogens with zero attached hydrogens (tertiary/aromatic N) is 1. The molecule has 4 rings (SSSR count). The Kier molecular flexibility index (Phi) is 5.81. The molecule has 1 saturated heterocycles. The highest BCUT2D eigenvalue weighted by Gasteiger charge is 2.36. The van der Waals surface area contributed by atoms with E-state index in [2.05, 4.69) is 28.8 Å². The van der Waals surface area contributed by atoms with Gasteiger partial charge in [-0.05, 0) is 43.1 Å². The van der Waals surface area contributed by atoms with Crippen molar-refractivity contribution in [2.24, 2.45) is 5.92 Å². The van der Waals surface area contributed by atoms with E-state index in [4.69, 9.17) is 4.74 Å². The predicted octanol–water partition coefficient (Wildman–Crippen LogP) is 2.44. The first-order valence-corrected chi connectivity index (χ1v) is 10.3. The second-order valence-corrected chi connectivity index (χ2v) is 7.51. The lowest BCUT2D eigenvalue weighted by Crippen LogP contribution is -2.41. The van der Waals surface area contributed by atoms with Crippen LogP contribution in [0.5, 0.6) is 5.75 Å². The standard InChI is InChI=1S/C23H27N3O3/c1-2-29-21-10-6-5-9-20(21)26-15-17(13-22(26)27)23(28)25-14-19-18-8-4-3-7-16(18)11-12-24-19/h3-10,17,19,24H,2,11-15H2,1H3,(H,25,28). The van der Waals surface area contributed by atoms with Gasteiger partial charge < -0.3 is 20.3 Å². The fourth-order valence-electron chi connectivity index (χ4n) is 4.20. The minimum Gasteiger partial charge on any atom is -0.492 e. The Bertz CT molecular complexity index is 898. The minimum atomic E-state index is -0.351. The van der Waals surface area contributed by atoms with Crippen LogP contribution in [0, 0.1) is 5.92 Å². The number of para-hydroxylation sites is 2. The Hall–Kier alpha value is -2.86. The van der Waals surface area contributed by atoms with Gasteiger partial charge in [0, 0.05) is 25.6 Å². The summed E-state index contributed by atoms with van der Waals surface area (Å²) in [6, 6.07) is 15.9. The summed E-state index contributed by atoms with van der Waals surface area (Å²) in [5.41, 5.74) is 3.31. The molecule has 2 N–H and O–H groups in total. The predicted molar refractivity (Wildman–Crippen MR) is 112 cm³/mol. The average molecular weight is 393 g/mol. The van der Waals surface area contributed by atoms with Gasteiger partial charge in [0.05, 0.1) is 18.2 Å². The van der Waals surface area contributed by atoms with Crippen molar-refractivity contribution in [3.05, 3.63) is 59.7 Å². The number of carbonyl (C=O) groups is 2. The monoisotopic (exact) mass is 393 g/mol. The SMILES string of the molecule is CCOc1ccccc1N1CC(C(=O)NCC2NCCc3ccccc32)CC1=O. The van der Waals surface area contributed by atoms with Crippen LogP contribution in [0.15, 0.2) is 48.5 Å². The molecule has 2 aromatic carbocycles. The van der Waals surface area contributed by atoms with Gasteiger partial charge in [-0.15, -0.1) is 0 Å². The lowest BCUT2D eigenvalue weighted by atomic mass is 9.94. The van der Waals surface area contributed by atoms with Crippen LogP contribution in [0.25, 0.3) is 0 Å². The summed E-state index contributed by atoms with van der Waals surface area (Å²) in [5.74, 6) is 0.210. The maximum atomic E-state index is 12.8. The zero-order valence-electron chi connectivity index (χ0n) is 16.7. The first-order chi connectivity index (χ1) is 14.2. The lowest BCUT2D eigenvalue weighted by molar-refractivity contribution is -0.126. The highest BCUT2D eigenvalue weighted by Crippen LogP contribution is 2.33. The summed E-state index contributed by atoms with van der Waals surface area (Å²) in [7, 11) is 0. The molecule has 2 atom stereocenters. The Morgan fingerprint density at radius 2 is 2.00 bits per heavy atom. The van der Waals surface area contributed by atoms with E-state index >= 15 is 0 Å². The van der Waals surface area contributed by atoms with Crippen molar-refractivity contribution in [3.63, 3.8) is 0 Å². The molecule has 0 spiro atoms. The zero-order valence-corrected chi connectivity index (χ0v) is 16.7. The smallest absolute Gasteiger partial charge is 0.227 e. The van der Waals surface area contributed by atoms with Gasteiger partial charge in [-0.1, -0.05) is 36.4 Å². The number of benzene rings is 2. The van der Waals surface area contributed by atoms with Crippen molar-refractivity contribution in [1.29, 1.82) is 0 Å². The molecule has 6 heteroatoms. The number of fused-ring (bicyclic) bond motifs is 1. The molecule has 29 heavy (non-hydrogen) atoms. The summed E-state index contributed by atoms with van der Waals surface area (Å²) >= 11 is 0. The van der Waals surface area contributed by atoms with Crippen LogP contribution in [0.3, 0.4) is 0 Å². The van der Waals surface area contributed by atoms with E-state index in [1.807, 2.05) is 37.3 Å². The number of amides is 2. The van der Waals surface area contributed by atoms with E-state index in [1.54, 1.807) is 4.90 Å². The highest BCUT2D eigenvalue weighted by atomic mass is 16.5. The molecular formula is C23H27N3O3. The molecule has 0 aromatic heterocycles. The molecule has 2 aromatic rings. The van der Waals surface area contributed by atoms with E-state index < -0.39 is 0 Å². The normalized spacial score (nSPS) is 21.0. The minimum absolute atomic E-state index is 0.0431. The molecule has 0 aliphatic carbocycles. The van der Waals surface area contributed by atoms with Gasteiger partial charge >= 0.3 is 0 Å². The Morgan fingerprint density at radius 1 is 1.21 bits per heavy atom. The van der Waals surface area contributed by atoms with E-state index in [1.165, 1.54) is 11.1 Å². The first-order valence-electron chi connectivity index (χ1n) is 10.3. The van der Waals surface area contributed by atoms with Crippen LogP contribution in [0.2, 0.25) is 0 Å². The van der Waals surface area contributed by atoms with Crippen LogP contribution in [-0.2, 0) is 16.0 Å². The van der Waals surface area contributed by atoms with Gasteiger partial charge in [-0.2, -0.15) is 0 Å². The van der Waals surface area contributed by atoms with E-state index in [0.717, 1.165) is 18.7 Å². The molecule has 1 fully saturated rings. The quantitative estimate of drug-likeness (QED) is 0.791. The second kappa shape index (κ2) is 8.66. The summed E-state index contributed by atoms with van der Waals surface area (Å²) in [6.07, 6.45) is 1.23. The van der Waals surface area contributed by atoms with Crippen molar-refractivity contribution in [2.75, 3.05) is 31.1 Å². The molecule has 6 nitrogen and oxygen atoms in total. The molecule has 2 unspecified atom stereocenters. The molecule has 0 radical (unpaired) electrons. The summed E-state index contributed by atoms with van der Waals surface area (Å²) in [4.78, 5) is 27.0. The van der Waals surface area contributed by atoms with E-state index in [9.17, 15) is 9.59 Å². The number of anilines is 1. The van der Waals surface area contributed by atoms with Gasteiger partial charge in [0.15, 0.2) is 0 Å². The van der Waals surface area contributed by atoms with Crippen molar-refractivity contribution in [1.82, 2.24) is 10.6 Å². The van der Waals surface area contributed by atoms with Gasteiger partial charge in [0.25, 0.3) is 0 Å². The number of nitrogens with one attached hydrogen (secondary N) is 2. The van der Waals surface area contributed by atoms with E-state index in [0.29, 0.717) is 25.4 Å². The number of hydrogen-bond acceptors (Lipinski definition) is 4. The van der Waals surface area contributed by atoms with Crippen LogP contribution in [0.4, 0.5) is 5.69 Å². The molecule has 2 aliphatic rings. The molecular weight excluding hydrogens is 366 g/mol. The van der Waals surface area contributed by atoms with Crippen LogP contribution in [0.1, 0.15) is 30.5 Å². The second-order valence-electron chi connectivity index (χ2n) is 7.51. The van der Waals surface area contributed by atoms with Crippen molar-refractivity contribution >= 4 is 17.5 Å². The van der Waals surface area contributed by atoms with Gasteiger partial charge in [0.1, 0.15) is 5.75 Å². The molecule has 2 aliphatic heterocycles. The molecule has 0 bridgehead atoms. The maximum Gasteiger partial charge on any atom is 0.227 e. The third-order valence-corrected chi connectivity index (χ3v) is 5.65. The number of rotatable bonds is 6. The molecule has 0 saturated carbocycles. The third-order valence-electron chi connectivity index (χ3n) is 5.65. The highest BCUT2D eigenvalue weighted by molar-refractivity contribution is 6.01. The van der Waals surface area contributed by atoms with Crippen LogP contribution >= 0.6 is 0 Å². The zero-order chi connectivity index (χ0) is 20.2. The third kappa shape index (κ3) is 4.12. The van der Waals surface area contributed by atoms with Crippen molar-refractivity contribution in [3.8, 4) is 5.75 Å². The average Bonchev–Trinajstić information content (AvgIpc) is 3.14. The summed E-state index contributed by atoms with van der Waals surface area (Å²) in [6.45, 7) is 4.25. The number of hydrogen-bond donors (Lipinski definition) is 2.